The molecule has 0 bridgehead atoms. The lowest BCUT2D eigenvalue weighted by atomic mass is 10.1. The van der Waals surface area contributed by atoms with Crippen LogP contribution in [0.15, 0.2) is 11.4 Å². The van der Waals surface area contributed by atoms with Gasteiger partial charge in [0.05, 0.1) is 17.7 Å². The minimum absolute atomic E-state index is 0.0588. The summed E-state index contributed by atoms with van der Waals surface area (Å²) in [5.74, 6) is -1.09. The molecule has 7 heteroatoms. The summed E-state index contributed by atoms with van der Waals surface area (Å²) in [6.45, 7) is 3.23. The van der Waals surface area contributed by atoms with Crippen molar-refractivity contribution >= 4 is 28.3 Å². The summed E-state index contributed by atoms with van der Waals surface area (Å²) in [4.78, 5) is 24.1. The van der Waals surface area contributed by atoms with E-state index in [1.165, 1.54) is 11.0 Å². The van der Waals surface area contributed by atoms with Crippen LogP contribution in [0, 0.1) is 0 Å². The molecule has 6 nitrogen and oxygen atoms in total. The van der Waals surface area contributed by atoms with E-state index in [9.17, 15) is 9.59 Å². The lowest BCUT2D eigenvalue weighted by Crippen LogP contribution is -2.49. The predicted octanol–water partition coefficient (Wildman–Crippen LogP) is 1.68. The molecular weight excluding hydrogens is 256 g/mol. The molecular formula is C11H16N2O4S. The Balaban J connectivity index is 2.82. The number of amides is 2. The van der Waals surface area contributed by atoms with Crippen LogP contribution in [0.4, 0.5) is 9.80 Å². The zero-order chi connectivity index (χ0) is 13.9. The number of aliphatic hydroxyl groups excluding tert-OH is 1. The maximum Gasteiger partial charge on any atom is 0.338 e. The van der Waals surface area contributed by atoms with Gasteiger partial charge in [0.2, 0.25) is 0 Å². The van der Waals surface area contributed by atoms with Gasteiger partial charge in [-0.05, 0) is 25.3 Å². The van der Waals surface area contributed by atoms with E-state index in [1.807, 2.05) is 0 Å². The highest BCUT2D eigenvalue weighted by Crippen LogP contribution is 2.24. The van der Waals surface area contributed by atoms with Crippen LogP contribution in [0.25, 0.3) is 0 Å². The Morgan fingerprint density at radius 2 is 2.11 bits per heavy atom. The van der Waals surface area contributed by atoms with E-state index in [1.54, 1.807) is 26.3 Å². The third kappa shape index (κ3) is 2.99. The van der Waals surface area contributed by atoms with Crippen molar-refractivity contribution in [2.45, 2.75) is 19.4 Å². The maximum atomic E-state index is 11.9. The number of hydrogen-bond donors (Lipinski definition) is 3. The first-order valence-electron chi connectivity index (χ1n) is 5.26. The molecule has 0 radical (unpaired) electrons. The van der Waals surface area contributed by atoms with Crippen LogP contribution in [-0.2, 0) is 0 Å². The Morgan fingerprint density at radius 3 is 2.61 bits per heavy atom. The number of hydrogen-bond acceptors (Lipinski definition) is 4. The molecule has 0 atom stereocenters. The zero-order valence-corrected chi connectivity index (χ0v) is 11.2. The lowest BCUT2D eigenvalue weighted by molar-refractivity contribution is 0.0698. The lowest BCUT2D eigenvalue weighted by Gasteiger charge is -2.33. The number of carboxylic acids is 1. The second kappa shape index (κ2) is 5.36. The van der Waals surface area contributed by atoms with Gasteiger partial charge in [-0.25, -0.2) is 9.59 Å². The van der Waals surface area contributed by atoms with Gasteiger partial charge in [-0.1, -0.05) is 0 Å². The summed E-state index contributed by atoms with van der Waals surface area (Å²) < 4.78 is 0. The Morgan fingerprint density at radius 1 is 1.50 bits per heavy atom. The number of urea groups is 1. The van der Waals surface area contributed by atoms with Crippen molar-refractivity contribution < 1.29 is 19.8 Å². The van der Waals surface area contributed by atoms with Crippen molar-refractivity contribution in [2.75, 3.05) is 19.0 Å². The highest BCUT2D eigenvalue weighted by molar-refractivity contribution is 7.14. The number of nitrogens with one attached hydrogen (secondary N) is 1. The average molecular weight is 272 g/mol. The number of likely N-dealkylation sites (N-methyl/N-ethyl adjacent to an activating group) is 1. The van der Waals surface area contributed by atoms with Crippen LogP contribution in [0.3, 0.4) is 0 Å². The predicted molar refractivity (Wildman–Crippen MR) is 69.2 cm³/mol. The monoisotopic (exact) mass is 272 g/mol. The molecule has 1 heterocycles. The van der Waals surface area contributed by atoms with Gasteiger partial charge >= 0.3 is 12.0 Å². The van der Waals surface area contributed by atoms with E-state index in [4.69, 9.17) is 10.2 Å². The molecule has 2 amide bonds. The van der Waals surface area contributed by atoms with E-state index in [-0.39, 0.29) is 17.2 Å². The Bertz CT molecular complexity index is 456. The topological polar surface area (TPSA) is 89.9 Å². The van der Waals surface area contributed by atoms with Gasteiger partial charge in [0.25, 0.3) is 0 Å². The summed E-state index contributed by atoms with van der Waals surface area (Å²) in [5.41, 5.74) is -0.659. The first-order valence-corrected chi connectivity index (χ1v) is 6.14. The zero-order valence-electron chi connectivity index (χ0n) is 10.4. The van der Waals surface area contributed by atoms with E-state index in [0.29, 0.717) is 0 Å². The average Bonchev–Trinajstić information content (AvgIpc) is 2.76. The summed E-state index contributed by atoms with van der Waals surface area (Å²) in [7, 11) is 1.54. The van der Waals surface area contributed by atoms with Gasteiger partial charge in [-0.15, -0.1) is 11.3 Å². The van der Waals surface area contributed by atoms with Gasteiger partial charge in [-0.2, -0.15) is 0 Å². The van der Waals surface area contributed by atoms with E-state index in [0.717, 1.165) is 11.3 Å². The smallest absolute Gasteiger partial charge is 0.338 e. The molecule has 0 saturated carbocycles. The molecule has 1 rings (SSSR count). The third-order valence-electron chi connectivity index (χ3n) is 2.72. The van der Waals surface area contributed by atoms with Gasteiger partial charge in [0, 0.05) is 7.05 Å². The first-order chi connectivity index (χ1) is 8.29. The van der Waals surface area contributed by atoms with Crippen molar-refractivity contribution in [1.82, 2.24) is 4.90 Å². The number of carbonyl (C=O) groups is 2. The highest BCUT2D eigenvalue weighted by Gasteiger charge is 2.27. The van der Waals surface area contributed by atoms with Crippen LogP contribution in [0.1, 0.15) is 24.2 Å². The molecule has 0 fully saturated rings. The molecule has 0 unspecified atom stereocenters. The fourth-order valence-corrected chi connectivity index (χ4v) is 1.91. The molecule has 1 aromatic rings. The number of nitrogens with zero attached hydrogens (tertiary/aromatic N) is 1. The van der Waals surface area contributed by atoms with Crippen LogP contribution >= 0.6 is 11.3 Å². The molecule has 0 spiro atoms. The number of aliphatic hydroxyl groups is 1. The highest BCUT2D eigenvalue weighted by atomic mass is 32.1. The van der Waals surface area contributed by atoms with Crippen LogP contribution in [0.2, 0.25) is 0 Å². The first kappa shape index (κ1) is 14.5. The molecule has 0 aliphatic heterocycles. The number of rotatable bonds is 4. The minimum atomic E-state index is -1.09. The quantitative estimate of drug-likeness (QED) is 0.778. The van der Waals surface area contributed by atoms with Gasteiger partial charge in [0.15, 0.2) is 0 Å². The normalized spacial score (nSPS) is 11.1. The number of carbonyl (C=O) groups excluding carboxylic acids is 1. The Labute approximate surface area is 109 Å². The van der Waals surface area contributed by atoms with Crippen LogP contribution in [-0.4, -0.2) is 46.3 Å². The summed E-state index contributed by atoms with van der Waals surface area (Å²) in [6.07, 6.45) is 0. The third-order valence-corrected chi connectivity index (χ3v) is 3.55. The van der Waals surface area contributed by atoms with Crippen LogP contribution < -0.4 is 5.32 Å². The molecule has 1 aromatic heterocycles. The fourth-order valence-electron chi connectivity index (χ4n) is 1.14. The summed E-state index contributed by atoms with van der Waals surface area (Å²) in [5, 5.41) is 22.5. The van der Waals surface area contributed by atoms with E-state index >= 15 is 0 Å². The van der Waals surface area contributed by atoms with Crippen molar-refractivity contribution in [3.63, 3.8) is 0 Å². The number of thiophene rings is 1. The molecule has 18 heavy (non-hydrogen) atoms. The van der Waals surface area contributed by atoms with Crippen molar-refractivity contribution in [3.8, 4) is 0 Å². The second-order valence-electron chi connectivity index (χ2n) is 4.43. The Kier molecular flexibility index (Phi) is 4.31. The van der Waals surface area contributed by atoms with Crippen LogP contribution in [0.5, 0.6) is 0 Å². The molecule has 0 aliphatic rings. The number of aromatic carboxylic acids is 1. The molecule has 0 aliphatic carbocycles. The SMILES string of the molecule is CN(C(=O)Nc1sccc1C(=O)O)C(C)(C)CO. The molecule has 0 saturated heterocycles. The van der Waals surface area contributed by atoms with Gasteiger partial charge in [0.1, 0.15) is 5.00 Å². The van der Waals surface area contributed by atoms with Crippen molar-refractivity contribution in [3.05, 3.63) is 17.0 Å². The van der Waals surface area contributed by atoms with Crippen molar-refractivity contribution in [2.24, 2.45) is 0 Å². The molecule has 100 valence electrons. The largest absolute Gasteiger partial charge is 0.478 e. The summed E-state index contributed by atoms with van der Waals surface area (Å²) in [6, 6.07) is 0.971. The van der Waals surface area contributed by atoms with Crippen molar-refractivity contribution in [1.29, 1.82) is 0 Å². The molecule has 3 N–H and O–H groups in total. The van der Waals surface area contributed by atoms with Gasteiger partial charge < -0.3 is 15.1 Å². The fraction of sp³-hybridized carbons (Fsp3) is 0.455. The Hall–Kier alpha value is -1.60. The molecule has 0 aromatic carbocycles. The standard InChI is InChI=1S/C11H16N2O4S/c1-11(2,6-14)13(3)10(17)12-8-7(9(15)16)4-5-18-8/h4-5,14H,6H2,1-3H3,(H,12,17)(H,15,16). The van der Waals surface area contributed by atoms with E-state index in [2.05, 4.69) is 5.32 Å². The maximum absolute atomic E-state index is 11.9. The summed E-state index contributed by atoms with van der Waals surface area (Å²) >= 11 is 1.14. The minimum Gasteiger partial charge on any atom is -0.478 e. The number of anilines is 1. The van der Waals surface area contributed by atoms with E-state index < -0.39 is 17.5 Å². The number of carboxylic acid groups (broad SMARTS) is 1. The van der Waals surface area contributed by atoms with Gasteiger partial charge in [-0.3, -0.25) is 5.32 Å². The second-order valence-corrected chi connectivity index (χ2v) is 5.34.